The Hall–Kier alpha value is -0.410. The average molecular weight is 241 g/mol. The van der Waals surface area contributed by atoms with Crippen LogP contribution < -0.4 is 5.32 Å². The highest BCUT2D eigenvalue weighted by atomic mass is 32.2. The zero-order chi connectivity index (χ0) is 11.8. The number of thioether (sulfide) groups is 1. The lowest BCUT2D eigenvalue weighted by molar-refractivity contribution is 0.526. The second-order valence-corrected chi connectivity index (χ2v) is 5.61. The molecule has 0 amide bonds. The Bertz CT molecular complexity index is 283. The van der Waals surface area contributed by atoms with E-state index in [9.17, 15) is 0 Å². The number of nitrogens with one attached hydrogen (secondary N) is 1. The van der Waals surface area contributed by atoms with Crippen LogP contribution in [0.5, 0.6) is 0 Å². The van der Waals surface area contributed by atoms with Crippen LogP contribution in [0.3, 0.4) is 0 Å². The Morgan fingerprint density at radius 3 is 2.81 bits per heavy atom. The molecule has 92 valence electrons. The van der Waals surface area contributed by atoms with Crippen molar-refractivity contribution >= 4 is 11.8 Å². The first-order valence-corrected chi connectivity index (χ1v) is 7.06. The molecule has 0 spiro atoms. The molecule has 1 heterocycles. The number of rotatable bonds is 8. The van der Waals surface area contributed by atoms with Crippen LogP contribution in [0.1, 0.15) is 32.4 Å². The zero-order valence-electron chi connectivity index (χ0n) is 10.6. The van der Waals surface area contributed by atoms with Gasteiger partial charge in [0, 0.05) is 17.2 Å². The molecule has 1 aromatic rings. The van der Waals surface area contributed by atoms with E-state index in [2.05, 4.69) is 19.2 Å². The SMILES string of the molecule is Cc1occc1SCCNCCCC(C)C. The van der Waals surface area contributed by atoms with E-state index in [1.165, 1.54) is 17.7 Å². The molecular formula is C13H23NOS. The van der Waals surface area contributed by atoms with E-state index in [0.29, 0.717) is 0 Å². The number of hydrogen-bond donors (Lipinski definition) is 1. The minimum Gasteiger partial charge on any atom is -0.468 e. The summed E-state index contributed by atoms with van der Waals surface area (Å²) in [4.78, 5) is 1.27. The second kappa shape index (κ2) is 7.80. The Morgan fingerprint density at radius 1 is 1.38 bits per heavy atom. The predicted molar refractivity (Wildman–Crippen MR) is 71.1 cm³/mol. The molecule has 0 fully saturated rings. The van der Waals surface area contributed by atoms with Gasteiger partial charge in [-0.25, -0.2) is 0 Å². The van der Waals surface area contributed by atoms with Crippen LogP contribution in [-0.2, 0) is 0 Å². The molecular weight excluding hydrogens is 218 g/mol. The molecule has 0 bridgehead atoms. The fourth-order valence-electron chi connectivity index (χ4n) is 1.52. The maximum Gasteiger partial charge on any atom is 0.114 e. The molecule has 1 rings (SSSR count). The van der Waals surface area contributed by atoms with Gasteiger partial charge in [-0.2, -0.15) is 0 Å². The third kappa shape index (κ3) is 5.61. The van der Waals surface area contributed by atoms with Gasteiger partial charge in [-0.05, 0) is 38.3 Å². The monoisotopic (exact) mass is 241 g/mol. The topological polar surface area (TPSA) is 25.2 Å². The first-order chi connectivity index (χ1) is 7.70. The molecule has 1 N–H and O–H groups in total. The quantitative estimate of drug-likeness (QED) is 0.555. The van der Waals surface area contributed by atoms with Gasteiger partial charge in [0.25, 0.3) is 0 Å². The number of hydrogen-bond acceptors (Lipinski definition) is 3. The Balaban J connectivity index is 1.94. The summed E-state index contributed by atoms with van der Waals surface area (Å²) in [6, 6.07) is 2.04. The maximum atomic E-state index is 5.25. The fourth-order valence-corrected chi connectivity index (χ4v) is 2.39. The van der Waals surface area contributed by atoms with Gasteiger partial charge in [0.2, 0.25) is 0 Å². The van der Waals surface area contributed by atoms with Crippen LogP contribution in [0.15, 0.2) is 21.6 Å². The smallest absolute Gasteiger partial charge is 0.114 e. The normalized spacial score (nSPS) is 11.2. The first kappa shape index (κ1) is 13.7. The van der Waals surface area contributed by atoms with Crippen molar-refractivity contribution < 1.29 is 4.42 Å². The highest BCUT2D eigenvalue weighted by molar-refractivity contribution is 7.99. The Morgan fingerprint density at radius 2 is 2.19 bits per heavy atom. The van der Waals surface area contributed by atoms with Crippen molar-refractivity contribution in [2.24, 2.45) is 5.92 Å². The van der Waals surface area contributed by atoms with Crippen molar-refractivity contribution in [2.45, 2.75) is 38.5 Å². The summed E-state index contributed by atoms with van der Waals surface area (Å²) in [6.07, 6.45) is 4.36. The molecule has 0 radical (unpaired) electrons. The van der Waals surface area contributed by atoms with Crippen molar-refractivity contribution in [3.8, 4) is 0 Å². The van der Waals surface area contributed by atoms with E-state index in [0.717, 1.165) is 30.5 Å². The number of aryl methyl sites for hydroxylation is 1. The second-order valence-electron chi connectivity index (χ2n) is 4.48. The molecule has 3 heteroatoms. The zero-order valence-corrected chi connectivity index (χ0v) is 11.4. The van der Waals surface area contributed by atoms with E-state index >= 15 is 0 Å². The van der Waals surface area contributed by atoms with Gasteiger partial charge >= 0.3 is 0 Å². The summed E-state index contributed by atoms with van der Waals surface area (Å²) in [5.74, 6) is 2.97. The summed E-state index contributed by atoms with van der Waals surface area (Å²) in [5.41, 5.74) is 0. The van der Waals surface area contributed by atoms with Gasteiger partial charge in [-0.15, -0.1) is 11.8 Å². The minimum atomic E-state index is 0.824. The van der Waals surface area contributed by atoms with Crippen molar-refractivity contribution in [1.29, 1.82) is 0 Å². The Labute approximate surface area is 103 Å². The molecule has 0 unspecified atom stereocenters. The van der Waals surface area contributed by atoms with Crippen LogP contribution in [0, 0.1) is 12.8 Å². The largest absolute Gasteiger partial charge is 0.468 e. The van der Waals surface area contributed by atoms with E-state index in [1.807, 2.05) is 24.8 Å². The van der Waals surface area contributed by atoms with Crippen LogP contribution in [0.4, 0.5) is 0 Å². The standard InChI is InChI=1S/C13H23NOS/c1-11(2)5-4-7-14-8-10-16-13-6-9-15-12(13)3/h6,9,11,14H,4-5,7-8,10H2,1-3H3. The third-order valence-corrected chi connectivity index (χ3v) is 3.63. The van der Waals surface area contributed by atoms with Crippen LogP contribution in [0.25, 0.3) is 0 Å². The lowest BCUT2D eigenvalue weighted by Crippen LogP contribution is -2.18. The van der Waals surface area contributed by atoms with E-state index in [1.54, 1.807) is 6.26 Å². The third-order valence-electron chi connectivity index (χ3n) is 2.48. The summed E-state index contributed by atoms with van der Waals surface area (Å²) < 4.78 is 5.25. The maximum absolute atomic E-state index is 5.25. The van der Waals surface area contributed by atoms with Crippen LogP contribution in [-0.4, -0.2) is 18.8 Å². The molecule has 0 saturated heterocycles. The summed E-state index contributed by atoms with van der Waals surface area (Å²) in [6.45, 7) is 8.78. The summed E-state index contributed by atoms with van der Waals surface area (Å²) in [7, 11) is 0. The molecule has 0 atom stereocenters. The Kier molecular flexibility index (Phi) is 6.65. The van der Waals surface area contributed by atoms with Crippen molar-refractivity contribution in [1.82, 2.24) is 5.32 Å². The van der Waals surface area contributed by atoms with Gasteiger partial charge in [-0.1, -0.05) is 13.8 Å². The molecule has 0 aliphatic rings. The van der Waals surface area contributed by atoms with Gasteiger partial charge in [-0.3, -0.25) is 0 Å². The van der Waals surface area contributed by atoms with Crippen molar-refractivity contribution in [3.05, 3.63) is 18.1 Å². The fraction of sp³-hybridized carbons (Fsp3) is 0.692. The minimum absolute atomic E-state index is 0.824. The van der Waals surface area contributed by atoms with Gasteiger partial charge in [0.1, 0.15) is 5.76 Å². The summed E-state index contributed by atoms with van der Waals surface area (Å²) >= 11 is 1.86. The highest BCUT2D eigenvalue weighted by Gasteiger charge is 2.00. The molecule has 0 aliphatic carbocycles. The van der Waals surface area contributed by atoms with Crippen LogP contribution >= 0.6 is 11.8 Å². The molecule has 0 saturated carbocycles. The lowest BCUT2D eigenvalue weighted by Gasteiger charge is -2.06. The van der Waals surface area contributed by atoms with Gasteiger partial charge in [0.05, 0.1) is 6.26 Å². The lowest BCUT2D eigenvalue weighted by atomic mass is 10.1. The molecule has 0 aliphatic heterocycles. The molecule has 0 aromatic carbocycles. The van der Waals surface area contributed by atoms with Crippen molar-refractivity contribution in [2.75, 3.05) is 18.8 Å². The molecule has 1 aromatic heterocycles. The van der Waals surface area contributed by atoms with Crippen molar-refractivity contribution in [3.63, 3.8) is 0 Å². The van der Waals surface area contributed by atoms with Gasteiger partial charge < -0.3 is 9.73 Å². The molecule has 16 heavy (non-hydrogen) atoms. The average Bonchev–Trinajstić information content (AvgIpc) is 2.62. The predicted octanol–water partition coefficient (Wildman–Crippen LogP) is 3.71. The molecule has 2 nitrogen and oxygen atoms in total. The van der Waals surface area contributed by atoms with E-state index in [4.69, 9.17) is 4.42 Å². The first-order valence-electron chi connectivity index (χ1n) is 6.07. The van der Waals surface area contributed by atoms with E-state index in [-0.39, 0.29) is 0 Å². The summed E-state index contributed by atoms with van der Waals surface area (Å²) in [5, 5.41) is 3.47. The van der Waals surface area contributed by atoms with E-state index < -0.39 is 0 Å². The van der Waals surface area contributed by atoms with Gasteiger partial charge in [0.15, 0.2) is 0 Å². The number of furan rings is 1. The van der Waals surface area contributed by atoms with Crippen LogP contribution in [0.2, 0.25) is 0 Å². The highest BCUT2D eigenvalue weighted by Crippen LogP contribution is 2.22.